The summed E-state index contributed by atoms with van der Waals surface area (Å²) in [4.78, 5) is 17.3. The molecule has 0 spiro atoms. The van der Waals surface area contributed by atoms with Crippen molar-refractivity contribution < 1.29 is 4.79 Å². The number of fused-ring (bicyclic) bond motifs is 1. The highest BCUT2D eigenvalue weighted by Gasteiger charge is 2.32. The van der Waals surface area contributed by atoms with Gasteiger partial charge in [0.1, 0.15) is 0 Å². The molecule has 0 bridgehead atoms. The average molecular weight is 413 g/mol. The van der Waals surface area contributed by atoms with Gasteiger partial charge in [0.15, 0.2) is 11.5 Å². The number of nitrogens with zero attached hydrogens (tertiary/aromatic N) is 4. The summed E-state index contributed by atoms with van der Waals surface area (Å²) in [7, 11) is 0. The first-order valence-electron chi connectivity index (χ1n) is 11.2. The first-order valence-corrected chi connectivity index (χ1v) is 11.2. The van der Waals surface area contributed by atoms with E-state index in [2.05, 4.69) is 58.4 Å². The van der Waals surface area contributed by atoms with Crippen molar-refractivity contribution >= 4 is 17.4 Å². The zero-order chi connectivity index (χ0) is 21.2. The molecule has 2 aromatic carbocycles. The molecule has 0 radical (unpaired) electrons. The Kier molecular flexibility index (Phi) is 5.41. The number of hydrogen-bond donors (Lipinski definition) is 0. The largest absolute Gasteiger partial charge is 0.355 e. The van der Waals surface area contributed by atoms with E-state index in [0.29, 0.717) is 11.6 Å². The van der Waals surface area contributed by atoms with E-state index in [4.69, 9.17) is 0 Å². The molecule has 1 unspecified atom stereocenters. The second-order valence-corrected chi connectivity index (χ2v) is 8.75. The van der Waals surface area contributed by atoms with E-state index in [9.17, 15) is 4.79 Å². The fraction of sp³-hybridized carbons (Fsp3) is 0.346. The molecule has 1 aromatic heterocycles. The summed E-state index contributed by atoms with van der Waals surface area (Å²) in [5, 5.41) is 8.72. The average Bonchev–Trinajstić information content (AvgIpc) is 3.15. The van der Waals surface area contributed by atoms with Crippen LogP contribution in [0.5, 0.6) is 0 Å². The number of carbonyl (C=O) groups is 1. The number of anilines is 2. The van der Waals surface area contributed by atoms with Crippen LogP contribution in [0, 0.1) is 5.92 Å². The molecule has 2 aliphatic rings. The van der Waals surface area contributed by atoms with Gasteiger partial charge in [0, 0.05) is 24.8 Å². The van der Waals surface area contributed by atoms with Crippen molar-refractivity contribution in [1.29, 1.82) is 0 Å². The van der Waals surface area contributed by atoms with Crippen molar-refractivity contribution in [3.05, 3.63) is 83.6 Å². The predicted octanol–water partition coefficient (Wildman–Crippen LogP) is 4.53. The molecule has 158 valence electrons. The van der Waals surface area contributed by atoms with E-state index in [1.807, 2.05) is 35.2 Å². The molecular weight excluding hydrogens is 384 g/mol. The number of aromatic nitrogens is 2. The highest BCUT2D eigenvalue weighted by atomic mass is 16.2. The molecule has 1 atom stereocenters. The predicted molar refractivity (Wildman–Crippen MR) is 124 cm³/mol. The summed E-state index contributed by atoms with van der Waals surface area (Å²) < 4.78 is 0. The summed E-state index contributed by atoms with van der Waals surface area (Å²) in [6, 6.07) is 22.8. The Labute approximate surface area is 183 Å². The first kappa shape index (κ1) is 19.7. The van der Waals surface area contributed by atoms with Crippen LogP contribution in [0.2, 0.25) is 0 Å². The summed E-state index contributed by atoms with van der Waals surface area (Å²) in [6.45, 7) is 4.05. The Balaban J connectivity index is 1.22. The van der Waals surface area contributed by atoms with Crippen molar-refractivity contribution in [2.75, 3.05) is 22.9 Å². The molecule has 5 rings (SSSR count). The number of rotatable bonds is 4. The third-order valence-electron chi connectivity index (χ3n) is 6.60. The maximum Gasteiger partial charge on any atom is 0.279 e. The lowest BCUT2D eigenvalue weighted by Crippen LogP contribution is -2.37. The molecule has 3 heterocycles. The topological polar surface area (TPSA) is 49.3 Å². The molecule has 0 aliphatic carbocycles. The number of para-hydroxylation sites is 1. The van der Waals surface area contributed by atoms with Crippen LogP contribution in [-0.4, -0.2) is 35.2 Å². The Morgan fingerprint density at radius 3 is 2.42 bits per heavy atom. The minimum Gasteiger partial charge on any atom is -0.355 e. The lowest BCUT2D eigenvalue weighted by molar-refractivity contribution is 0.0975. The first-order chi connectivity index (χ1) is 15.2. The van der Waals surface area contributed by atoms with Crippen molar-refractivity contribution in [1.82, 2.24) is 10.2 Å². The SMILES string of the molecule is CC1Cc2ccccc2N1C(=O)c1ccc(N2CCC(Cc3ccccc3)CC2)nn1. The Morgan fingerprint density at radius 1 is 0.935 bits per heavy atom. The van der Waals surface area contributed by atoms with Gasteiger partial charge in [-0.1, -0.05) is 48.5 Å². The summed E-state index contributed by atoms with van der Waals surface area (Å²) in [5.74, 6) is 1.51. The van der Waals surface area contributed by atoms with Crippen LogP contribution >= 0.6 is 0 Å². The summed E-state index contributed by atoms with van der Waals surface area (Å²) in [6.07, 6.45) is 4.33. The standard InChI is InChI=1S/C26H28N4O/c1-19-17-22-9-5-6-10-24(22)30(19)26(31)23-11-12-25(28-27-23)29-15-13-21(14-16-29)18-20-7-3-2-4-8-20/h2-12,19,21H,13-18H2,1H3. The van der Waals surface area contributed by atoms with Crippen molar-refractivity contribution in [2.45, 2.75) is 38.6 Å². The number of amides is 1. The van der Waals surface area contributed by atoms with Crippen LogP contribution in [0.3, 0.4) is 0 Å². The highest BCUT2D eigenvalue weighted by molar-refractivity contribution is 6.06. The minimum atomic E-state index is -0.0712. The summed E-state index contributed by atoms with van der Waals surface area (Å²) >= 11 is 0. The van der Waals surface area contributed by atoms with E-state index in [-0.39, 0.29) is 11.9 Å². The third kappa shape index (κ3) is 4.05. The highest BCUT2D eigenvalue weighted by Crippen LogP contribution is 2.33. The van der Waals surface area contributed by atoms with Gasteiger partial charge in [-0.2, -0.15) is 0 Å². The van der Waals surface area contributed by atoms with Gasteiger partial charge in [0.2, 0.25) is 0 Å². The number of piperidine rings is 1. The minimum absolute atomic E-state index is 0.0712. The second-order valence-electron chi connectivity index (χ2n) is 8.75. The molecule has 31 heavy (non-hydrogen) atoms. The van der Waals surface area contributed by atoms with E-state index < -0.39 is 0 Å². The molecule has 0 N–H and O–H groups in total. The molecule has 3 aromatic rings. The molecule has 5 nitrogen and oxygen atoms in total. The van der Waals surface area contributed by atoms with E-state index in [1.165, 1.54) is 11.1 Å². The zero-order valence-corrected chi connectivity index (χ0v) is 17.9. The number of carbonyl (C=O) groups excluding carboxylic acids is 1. The van der Waals surface area contributed by atoms with Crippen molar-refractivity contribution in [2.24, 2.45) is 5.92 Å². The van der Waals surface area contributed by atoms with Gasteiger partial charge in [-0.3, -0.25) is 4.79 Å². The monoisotopic (exact) mass is 412 g/mol. The van der Waals surface area contributed by atoms with Crippen LogP contribution < -0.4 is 9.80 Å². The van der Waals surface area contributed by atoms with Gasteiger partial charge in [-0.05, 0) is 67.9 Å². The van der Waals surface area contributed by atoms with E-state index in [0.717, 1.165) is 50.3 Å². The quantitative estimate of drug-likeness (QED) is 0.632. The van der Waals surface area contributed by atoms with Gasteiger partial charge >= 0.3 is 0 Å². The van der Waals surface area contributed by atoms with Crippen LogP contribution in [0.15, 0.2) is 66.7 Å². The second kappa shape index (κ2) is 8.50. The summed E-state index contributed by atoms with van der Waals surface area (Å²) in [5.41, 5.74) is 4.03. The van der Waals surface area contributed by atoms with Gasteiger partial charge in [-0.15, -0.1) is 10.2 Å². The maximum absolute atomic E-state index is 13.1. The molecule has 1 saturated heterocycles. The smallest absolute Gasteiger partial charge is 0.279 e. The Bertz CT molecular complexity index is 1040. The normalized spacial score (nSPS) is 18.8. The molecule has 2 aliphatic heterocycles. The number of benzene rings is 2. The molecule has 0 saturated carbocycles. The van der Waals surface area contributed by atoms with Crippen molar-refractivity contribution in [3.63, 3.8) is 0 Å². The molecular formula is C26H28N4O. The molecule has 5 heteroatoms. The van der Waals surface area contributed by atoms with Gasteiger partial charge in [0.25, 0.3) is 5.91 Å². The fourth-order valence-electron chi connectivity index (χ4n) is 4.92. The van der Waals surface area contributed by atoms with Gasteiger partial charge in [-0.25, -0.2) is 0 Å². The lowest BCUT2D eigenvalue weighted by Gasteiger charge is -2.32. The maximum atomic E-state index is 13.1. The lowest BCUT2D eigenvalue weighted by atomic mass is 9.90. The van der Waals surface area contributed by atoms with Crippen LogP contribution in [0.1, 0.15) is 41.4 Å². The Morgan fingerprint density at radius 2 is 1.68 bits per heavy atom. The fourth-order valence-corrected chi connectivity index (χ4v) is 4.92. The van der Waals surface area contributed by atoms with Crippen LogP contribution in [-0.2, 0) is 12.8 Å². The van der Waals surface area contributed by atoms with E-state index in [1.54, 1.807) is 0 Å². The molecule has 1 amide bonds. The van der Waals surface area contributed by atoms with Crippen LogP contribution in [0.25, 0.3) is 0 Å². The molecule has 1 fully saturated rings. The van der Waals surface area contributed by atoms with Crippen molar-refractivity contribution in [3.8, 4) is 0 Å². The van der Waals surface area contributed by atoms with E-state index >= 15 is 0 Å². The third-order valence-corrected chi connectivity index (χ3v) is 6.60. The zero-order valence-electron chi connectivity index (χ0n) is 17.9. The van der Waals surface area contributed by atoms with Crippen LogP contribution in [0.4, 0.5) is 11.5 Å². The Hall–Kier alpha value is -3.21. The van der Waals surface area contributed by atoms with Gasteiger partial charge < -0.3 is 9.80 Å². The van der Waals surface area contributed by atoms with Gasteiger partial charge in [0.05, 0.1) is 0 Å². The number of hydrogen-bond acceptors (Lipinski definition) is 4.